The molecule has 2 aromatic rings. The standard InChI is InChI=1S/C21H26N2O3S/c1-12-14-6-4-8-16(14)19(17-9-5-7-15(12)17)22-20(24)23-27-18-10-13(11-26-18)21(2,3)25/h10-11,25H,4-9H2,1-3H3,(H2,22,23,24). The molecule has 144 valence electrons. The van der Waals surface area contributed by atoms with Gasteiger partial charge in [-0.2, -0.15) is 0 Å². The minimum absolute atomic E-state index is 0.242. The molecule has 6 heteroatoms. The number of benzene rings is 1. The maximum absolute atomic E-state index is 12.5. The number of hydrogen-bond donors (Lipinski definition) is 3. The minimum Gasteiger partial charge on any atom is -0.456 e. The number of carbonyl (C=O) groups excluding carboxylic acids is 1. The molecular weight excluding hydrogens is 360 g/mol. The minimum atomic E-state index is -0.965. The van der Waals surface area contributed by atoms with Crippen LogP contribution < -0.4 is 10.0 Å². The van der Waals surface area contributed by atoms with E-state index < -0.39 is 5.60 Å². The second-order valence-electron chi connectivity index (χ2n) is 7.99. The van der Waals surface area contributed by atoms with E-state index in [1.54, 1.807) is 19.9 Å². The summed E-state index contributed by atoms with van der Waals surface area (Å²) >= 11 is 1.11. The molecule has 3 N–H and O–H groups in total. The Morgan fingerprint density at radius 3 is 2.26 bits per heavy atom. The summed E-state index contributed by atoms with van der Waals surface area (Å²) in [6, 6.07) is 1.50. The first-order valence-electron chi connectivity index (χ1n) is 9.56. The van der Waals surface area contributed by atoms with Crippen molar-refractivity contribution in [3.05, 3.63) is 45.7 Å². The third-order valence-corrected chi connectivity index (χ3v) is 6.41. The van der Waals surface area contributed by atoms with Crippen LogP contribution >= 0.6 is 11.9 Å². The second-order valence-corrected chi connectivity index (χ2v) is 8.80. The smallest absolute Gasteiger partial charge is 0.329 e. The average molecular weight is 387 g/mol. The summed E-state index contributed by atoms with van der Waals surface area (Å²) in [7, 11) is 0. The molecule has 27 heavy (non-hydrogen) atoms. The molecule has 0 saturated heterocycles. The molecule has 2 aliphatic rings. The third kappa shape index (κ3) is 3.48. The number of furan rings is 1. The Morgan fingerprint density at radius 1 is 1.11 bits per heavy atom. The highest BCUT2D eigenvalue weighted by molar-refractivity contribution is 7.97. The first-order valence-corrected chi connectivity index (χ1v) is 10.4. The van der Waals surface area contributed by atoms with Gasteiger partial charge in [0.2, 0.25) is 0 Å². The number of anilines is 1. The van der Waals surface area contributed by atoms with Crippen molar-refractivity contribution >= 4 is 23.7 Å². The first kappa shape index (κ1) is 18.4. The van der Waals surface area contributed by atoms with Gasteiger partial charge in [0.05, 0.1) is 11.9 Å². The van der Waals surface area contributed by atoms with Gasteiger partial charge in [0, 0.05) is 23.2 Å². The largest absolute Gasteiger partial charge is 0.456 e. The fourth-order valence-electron chi connectivity index (χ4n) is 4.31. The average Bonchev–Trinajstić information content (AvgIpc) is 3.36. The highest BCUT2D eigenvalue weighted by Gasteiger charge is 2.27. The maximum atomic E-state index is 12.5. The molecule has 0 fully saturated rings. The van der Waals surface area contributed by atoms with Crippen LogP contribution in [0.4, 0.5) is 10.5 Å². The molecule has 1 heterocycles. The van der Waals surface area contributed by atoms with Crippen molar-refractivity contribution in [2.45, 2.75) is 70.0 Å². The molecule has 1 aromatic heterocycles. The van der Waals surface area contributed by atoms with Gasteiger partial charge in [-0.1, -0.05) is 0 Å². The lowest BCUT2D eigenvalue weighted by molar-refractivity contribution is 0.0779. The van der Waals surface area contributed by atoms with Crippen LogP contribution in [0.25, 0.3) is 0 Å². The zero-order chi connectivity index (χ0) is 19.2. The van der Waals surface area contributed by atoms with Gasteiger partial charge in [-0.15, -0.1) is 0 Å². The Hall–Kier alpha value is -1.92. The van der Waals surface area contributed by atoms with Crippen molar-refractivity contribution in [1.82, 2.24) is 4.72 Å². The summed E-state index contributed by atoms with van der Waals surface area (Å²) < 4.78 is 8.22. The molecule has 1 aromatic carbocycles. The van der Waals surface area contributed by atoms with Crippen LogP contribution in [-0.4, -0.2) is 11.1 Å². The number of amides is 2. The van der Waals surface area contributed by atoms with E-state index in [2.05, 4.69) is 17.0 Å². The number of fused-ring (bicyclic) bond motifs is 2. The van der Waals surface area contributed by atoms with Gasteiger partial charge in [-0.05, 0) is 93.2 Å². The molecule has 5 nitrogen and oxygen atoms in total. The van der Waals surface area contributed by atoms with Crippen LogP contribution in [0, 0.1) is 6.92 Å². The Bertz CT molecular complexity index is 861. The van der Waals surface area contributed by atoms with Crippen molar-refractivity contribution in [2.75, 3.05) is 5.32 Å². The second kappa shape index (κ2) is 6.91. The van der Waals surface area contributed by atoms with Gasteiger partial charge >= 0.3 is 6.03 Å². The summed E-state index contributed by atoms with van der Waals surface area (Å²) in [4.78, 5) is 12.5. The lowest BCUT2D eigenvalue weighted by Gasteiger charge is -2.18. The van der Waals surface area contributed by atoms with E-state index in [1.807, 2.05) is 0 Å². The van der Waals surface area contributed by atoms with Crippen molar-refractivity contribution in [1.29, 1.82) is 0 Å². The van der Waals surface area contributed by atoms with Crippen LogP contribution in [0.1, 0.15) is 60.1 Å². The molecule has 0 atom stereocenters. The monoisotopic (exact) mass is 386 g/mol. The zero-order valence-corrected chi connectivity index (χ0v) is 16.9. The third-order valence-electron chi connectivity index (χ3n) is 5.71. The molecule has 0 radical (unpaired) electrons. The number of hydrogen-bond acceptors (Lipinski definition) is 4. The molecule has 0 bridgehead atoms. The summed E-state index contributed by atoms with van der Waals surface area (Å²) in [6.45, 7) is 5.64. The maximum Gasteiger partial charge on any atom is 0.329 e. The summed E-state index contributed by atoms with van der Waals surface area (Å²) in [5, 5.41) is 13.7. The van der Waals surface area contributed by atoms with Gasteiger partial charge < -0.3 is 14.8 Å². The topological polar surface area (TPSA) is 74.5 Å². The number of carbonyl (C=O) groups is 1. The molecule has 0 spiro atoms. The zero-order valence-electron chi connectivity index (χ0n) is 16.1. The number of rotatable bonds is 4. The normalized spacial score (nSPS) is 15.6. The van der Waals surface area contributed by atoms with Gasteiger partial charge in [-0.3, -0.25) is 4.72 Å². The van der Waals surface area contributed by atoms with Crippen molar-refractivity contribution in [3.8, 4) is 0 Å². The molecule has 0 unspecified atom stereocenters. The molecule has 2 amide bonds. The Balaban J connectivity index is 1.49. The molecule has 4 rings (SSSR count). The van der Waals surface area contributed by atoms with Gasteiger partial charge in [-0.25, -0.2) is 4.79 Å². The number of aliphatic hydroxyl groups is 1. The van der Waals surface area contributed by atoms with Crippen LogP contribution in [0.15, 0.2) is 21.8 Å². The van der Waals surface area contributed by atoms with Gasteiger partial charge in [0.25, 0.3) is 0 Å². The Morgan fingerprint density at radius 2 is 1.70 bits per heavy atom. The van der Waals surface area contributed by atoms with E-state index in [-0.39, 0.29) is 6.03 Å². The number of urea groups is 1. The molecule has 0 saturated carbocycles. The van der Waals surface area contributed by atoms with Crippen LogP contribution in [0.2, 0.25) is 0 Å². The van der Waals surface area contributed by atoms with Gasteiger partial charge in [0.15, 0.2) is 5.09 Å². The van der Waals surface area contributed by atoms with Crippen LogP contribution in [-0.2, 0) is 31.3 Å². The molecule has 2 aliphatic carbocycles. The SMILES string of the molecule is Cc1c2c(c(NC(=O)NSc3cc(C(C)(C)O)co3)c3c1CCC3)CCC2. The lowest BCUT2D eigenvalue weighted by Crippen LogP contribution is -2.24. The molecule has 0 aliphatic heterocycles. The Labute approximate surface area is 164 Å². The van der Waals surface area contributed by atoms with Crippen molar-refractivity contribution < 1.29 is 14.3 Å². The van der Waals surface area contributed by atoms with Crippen molar-refractivity contribution in [3.63, 3.8) is 0 Å². The predicted molar refractivity (Wildman–Crippen MR) is 107 cm³/mol. The summed E-state index contributed by atoms with van der Waals surface area (Å²) in [5.41, 5.74) is 7.75. The van der Waals surface area contributed by atoms with Crippen LogP contribution in [0.3, 0.4) is 0 Å². The fourth-order valence-corrected chi connectivity index (χ4v) is 4.84. The highest BCUT2D eigenvalue weighted by Crippen LogP contribution is 2.41. The van der Waals surface area contributed by atoms with E-state index in [4.69, 9.17) is 4.42 Å². The summed E-state index contributed by atoms with van der Waals surface area (Å²) in [5.74, 6) is 0. The van der Waals surface area contributed by atoms with E-state index >= 15 is 0 Å². The fraction of sp³-hybridized carbons (Fsp3) is 0.476. The quantitative estimate of drug-likeness (QED) is 0.670. The number of nitrogens with one attached hydrogen (secondary N) is 2. The Kier molecular flexibility index (Phi) is 4.72. The van der Waals surface area contributed by atoms with Crippen molar-refractivity contribution in [2.24, 2.45) is 0 Å². The first-order chi connectivity index (χ1) is 12.8. The van der Waals surface area contributed by atoms with Crippen LogP contribution in [0.5, 0.6) is 0 Å². The highest BCUT2D eigenvalue weighted by atomic mass is 32.2. The lowest BCUT2D eigenvalue weighted by atomic mass is 9.93. The van der Waals surface area contributed by atoms with E-state index in [0.717, 1.165) is 56.2 Å². The summed E-state index contributed by atoms with van der Waals surface area (Å²) in [6.07, 6.45) is 8.16. The molecular formula is C21H26N2O3S. The predicted octanol–water partition coefficient (Wildman–Crippen LogP) is 4.62. The van der Waals surface area contributed by atoms with E-state index in [0.29, 0.717) is 10.7 Å². The van der Waals surface area contributed by atoms with Gasteiger partial charge in [0.1, 0.15) is 0 Å². The van der Waals surface area contributed by atoms with E-state index in [9.17, 15) is 9.90 Å². The van der Waals surface area contributed by atoms with E-state index in [1.165, 1.54) is 34.1 Å².